The molecule has 0 spiro atoms. The average molecular weight is 399 g/mol. The van der Waals surface area contributed by atoms with E-state index in [9.17, 15) is 9.59 Å². The molecule has 2 heterocycles. The highest BCUT2D eigenvalue weighted by Gasteiger charge is 2.21. The maximum absolute atomic E-state index is 12.5. The Labute approximate surface area is 168 Å². The second kappa shape index (κ2) is 9.87. The van der Waals surface area contributed by atoms with Crippen LogP contribution in [0.15, 0.2) is 70.7 Å². The number of hydrogen-bond donors (Lipinski definition) is 2. The largest absolute Gasteiger partial charge is 0.467 e. The molecule has 2 amide bonds. The van der Waals surface area contributed by atoms with Gasteiger partial charge in [0, 0.05) is 12.6 Å². The minimum absolute atomic E-state index is 0.0163. The molecule has 0 aliphatic rings. The van der Waals surface area contributed by atoms with Crippen LogP contribution in [0.4, 0.5) is 0 Å². The van der Waals surface area contributed by atoms with Crippen LogP contribution in [0.2, 0.25) is 0 Å². The number of thiophene rings is 1. The number of likely N-dealkylation sites (N-methyl/N-ethyl adjacent to an activating group) is 1. The van der Waals surface area contributed by atoms with E-state index in [0.717, 1.165) is 5.56 Å². The van der Waals surface area contributed by atoms with Gasteiger partial charge < -0.3 is 20.0 Å². The summed E-state index contributed by atoms with van der Waals surface area (Å²) in [6, 6.07) is 17.8. The molecule has 3 rings (SSSR count). The van der Waals surface area contributed by atoms with Gasteiger partial charge in [0.05, 0.1) is 24.2 Å². The highest BCUT2D eigenvalue weighted by atomic mass is 32.1. The predicted molar refractivity (Wildman–Crippen MR) is 108 cm³/mol. The van der Waals surface area contributed by atoms with Gasteiger partial charge in [-0.05, 0) is 23.6 Å². The number of nitrogens with one attached hydrogen (secondary N) is 1. The molecule has 0 radical (unpaired) electrons. The van der Waals surface area contributed by atoms with Crippen molar-refractivity contribution in [3.8, 4) is 0 Å². The summed E-state index contributed by atoms with van der Waals surface area (Å²) in [5.41, 5.74) is 1.15. The van der Waals surface area contributed by atoms with Crippen LogP contribution in [0.1, 0.15) is 22.2 Å². The molecule has 146 valence electrons. The van der Waals surface area contributed by atoms with Crippen LogP contribution in [0, 0.1) is 0 Å². The number of amides is 2. The van der Waals surface area contributed by atoms with Crippen molar-refractivity contribution < 1.29 is 19.3 Å². The summed E-state index contributed by atoms with van der Waals surface area (Å²) in [4.78, 5) is 27.2. The molecule has 28 heavy (non-hydrogen) atoms. The number of carbonyl (C=O) groups excluding carboxylic acids is 2. The van der Waals surface area contributed by atoms with Crippen molar-refractivity contribution >= 4 is 23.2 Å². The maximum atomic E-state index is 12.5. The first kappa shape index (κ1) is 19.9. The molecule has 2 aromatic heterocycles. The lowest BCUT2D eigenvalue weighted by Gasteiger charge is -2.19. The maximum Gasteiger partial charge on any atom is 0.277 e. The quantitative estimate of drug-likeness (QED) is 0.577. The predicted octanol–water partition coefficient (Wildman–Crippen LogP) is 1.77. The molecule has 3 N–H and O–H groups in total. The minimum atomic E-state index is -0.217. The van der Waals surface area contributed by atoms with E-state index in [1.807, 2.05) is 35.0 Å². The normalized spacial score (nSPS) is 11.8. The summed E-state index contributed by atoms with van der Waals surface area (Å²) >= 11 is 1.67. The van der Waals surface area contributed by atoms with Gasteiger partial charge in [0.25, 0.3) is 5.91 Å². The molecule has 0 saturated carbocycles. The van der Waals surface area contributed by atoms with E-state index >= 15 is 0 Å². The number of nitrogens with two attached hydrogens (primary N) is 1. The Kier molecular flexibility index (Phi) is 7.00. The molecule has 0 unspecified atom stereocenters. The average Bonchev–Trinajstić information content (AvgIpc) is 3.41. The first-order valence-electron chi connectivity index (χ1n) is 9.08. The number of nitrogens with zero attached hydrogens (tertiary/aromatic N) is 1. The standard InChI is InChI=1S/C21H23N3O3S/c1-24(15-19(25)22-13-17-9-5-11-27-17)20(26)14-23-21(18-10-6-12-28-18)16-7-3-2-4-8-16/h2-12,21,23H,13-15H2,1H3,(H,22,25)/p+1/t21-/m0/s1. The molecule has 1 atom stereocenters. The summed E-state index contributed by atoms with van der Waals surface area (Å²) in [6.45, 7) is 0.594. The Morgan fingerprint density at radius 2 is 1.96 bits per heavy atom. The molecule has 0 bridgehead atoms. The monoisotopic (exact) mass is 398 g/mol. The van der Waals surface area contributed by atoms with Crippen LogP contribution in [-0.2, 0) is 16.1 Å². The van der Waals surface area contributed by atoms with E-state index in [-0.39, 0.29) is 30.9 Å². The second-order valence-electron chi connectivity index (χ2n) is 6.45. The van der Waals surface area contributed by atoms with Crippen LogP contribution in [0.3, 0.4) is 0 Å². The zero-order valence-corrected chi connectivity index (χ0v) is 16.5. The van der Waals surface area contributed by atoms with Crippen molar-refractivity contribution in [2.45, 2.75) is 12.6 Å². The SMILES string of the molecule is CN(CC(=O)NCc1ccco1)C(=O)C[NH2+][C@@H](c1ccccc1)c1cccs1. The molecule has 0 saturated heterocycles. The summed E-state index contributed by atoms with van der Waals surface area (Å²) in [6.07, 6.45) is 1.56. The molecule has 0 aliphatic heterocycles. The van der Waals surface area contributed by atoms with Gasteiger partial charge in [-0.15, -0.1) is 11.3 Å². The second-order valence-corrected chi connectivity index (χ2v) is 7.43. The number of benzene rings is 1. The molecule has 7 heteroatoms. The van der Waals surface area contributed by atoms with Crippen molar-refractivity contribution in [1.82, 2.24) is 10.2 Å². The topological polar surface area (TPSA) is 79.2 Å². The van der Waals surface area contributed by atoms with Crippen molar-refractivity contribution in [2.75, 3.05) is 20.1 Å². The zero-order valence-electron chi connectivity index (χ0n) is 15.7. The van der Waals surface area contributed by atoms with Gasteiger partial charge in [0.15, 0.2) is 6.54 Å². The fraction of sp³-hybridized carbons (Fsp3) is 0.238. The van der Waals surface area contributed by atoms with Crippen molar-refractivity contribution in [3.63, 3.8) is 0 Å². The molecule has 6 nitrogen and oxygen atoms in total. The van der Waals surface area contributed by atoms with E-state index < -0.39 is 0 Å². The van der Waals surface area contributed by atoms with E-state index in [1.54, 1.807) is 36.8 Å². The van der Waals surface area contributed by atoms with Gasteiger partial charge in [-0.3, -0.25) is 9.59 Å². The molecule has 0 aliphatic carbocycles. The highest BCUT2D eigenvalue weighted by Crippen LogP contribution is 2.22. The Bertz CT molecular complexity index is 864. The minimum Gasteiger partial charge on any atom is -0.467 e. The van der Waals surface area contributed by atoms with E-state index in [0.29, 0.717) is 12.3 Å². The summed E-state index contributed by atoms with van der Waals surface area (Å²) < 4.78 is 5.18. The Morgan fingerprint density at radius 3 is 2.64 bits per heavy atom. The van der Waals surface area contributed by atoms with E-state index in [2.05, 4.69) is 23.5 Å². The van der Waals surface area contributed by atoms with Crippen LogP contribution in [0.25, 0.3) is 0 Å². The first-order chi connectivity index (χ1) is 13.6. The molecular weight excluding hydrogens is 374 g/mol. The summed E-state index contributed by atoms with van der Waals surface area (Å²) in [7, 11) is 1.64. The lowest BCUT2D eigenvalue weighted by molar-refractivity contribution is -0.676. The van der Waals surface area contributed by atoms with Gasteiger partial charge in [-0.25, -0.2) is 0 Å². The lowest BCUT2D eigenvalue weighted by atomic mass is 10.1. The lowest BCUT2D eigenvalue weighted by Crippen LogP contribution is -2.87. The summed E-state index contributed by atoms with van der Waals surface area (Å²) in [5, 5.41) is 6.80. The molecular formula is C21H24N3O3S+. The van der Waals surface area contributed by atoms with Gasteiger partial charge in [0.1, 0.15) is 11.8 Å². The van der Waals surface area contributed by atoms with Crippen molar-refractivity contribution in [1.29, 1.82) is 0 Å². The fourth-order valence-electron chi connectivity index (χ4n) is 2.88. The molecule has 3 aromatic rings. The third kappa shape index (κ3) is 5.55. The zero-order chi connectivity index (χ0) is 19.8. The number of rotatable bonds is 9. The molecule has 1 aromatic carbocycles. The molecule has 0 fully saturated rings. The van der Waals surface area contributed by atoms with Gasteiger partial charge in [-0.1, -0.05) is 36.4 Å². The fourth-order valence-corrected chi connectivity index (χ4v) is 3.73. The Balaban J connectivity index is 1.51. The number of hydrogen-bond acceptors (Lipinski definition) is 4. The smallest absolute Gasteiger partial charge is 0.277 e. The van der Waals surface area contributed by atoms with E-state index in [1.165, 1.54) is 9.78 Å². The van der Waals surface area contributed by atoms with Gasteiger partial charge in [0.2, 0.25) is 5.91 Å². The van der Waals surface area contributed by atoms with Gasteiger partial charge in [-0.2, -0.15) is 0 Å². The van der Waals surface area contributed by atoms with Crippen LogP contribution >= 0.6 is 11.3 Å². The van der Waals surface area contributed by atoms with Gasteiger partial charge >= 0.3 is 0 Å². The third-order valence-corrected chi connectivity index (χ3v) is 5.34. The Morgan fingerprint density at radius 1 is 1.14 bits per heavy atom. The van der Waals surface area contributed by atoms with Crippen molar-refractivity contribution in [2.24, 2.45) is 0 Å². The van der Waals surface area contributed by atoms with Crippen LogP contribution in [-0.4, -0.2) is 36.9 Å². The number of carbonyl (C=O) groups is 2. The Hall–Kier alpha value is -2.90. The number of furan rings is 1. The summed E-state index contributed by atoms with van der Waals surface area (Å²) in [5.74, 6) is 0.369. The van der Waals surface area contributed by atoms with Crippen molar-refractivity contribution in [3.05, 3.63) is 82.4 Å². The van der Waals surface area contributed by atoms with E-state index in [4.69, 9.17) is 4.42 Å². The number of quaternary nitrogens is 1. The highest BCUT2D eigenvalue weighted by molar-refractivity contribution is 7.10. The van der Waals surface area contributed by atoms with Crippen LogP contribution < -0.4 is 10.6 Å². The first-order valence-corrected chi connectivity index (χ1v) is 9.96. The van der Waals surface area contributed by atoms with Crippen LogP contribution in [0.5, 0.6) is 0 Å². The third-order valence-electron chi connectivity index (χ3n) is 4.38.